The fourth-order valence-electron chi connectivity index (χ4n) is 2.38. The molecule has 0 unspecified atom stereocenters. The molecular formula is C14H19NOS. The Morgan fingerprint density at radius 1 is 1.06 bits per heavy atom. The van der Waals surface area contributed by atoms with E-state index in [9.17, 15) is 0 Å². The molecule has 0 aromatic heterocycles. The molecule has 1 N–H and O–H groups in total. The zero-order valence-corrected chi connectivity index (χ0v) is 10.8. The molecule has 0 spiro atoms. The molecule has 1 aliphatic carbocycles. The van der Waals surface area contributed by atoms with Crippen LogP contribution in [0, 0.1) is 0 Å². The molecule has 0 radical (unpaired) electrons. The lowest BCUT2D eigenvalue weighted by Crippen LogP contribution is -2.40. The molecule has 1 aromatic carbocycles. The van der Waals surface area contributed by atoms with Crippen LogP contribution in [-0.4, -0.2) is 24.5 Å². The van der Waals surface area contributed by atoms with E-state index in [1.54, 1.807) is 0 Å². The maximum absolute atomic E-state index is 5.15. The van der Waals surface area contributed by atoms with Crippen molar-refractivity contribution >= 4 is 17.4 Å². The van der Waals surface area contributed by atoms with Gasteiger partial charge in [0, 0.05) is 15.8 Å². The van der Waals surface area contributed by atoms with Crippen LogP contribution in [0.5, 0.6) is 0 Å². The lowest BCUT2D eigenvalue weighted by atomic mass is 10.2. The van der Waals surface area contributed by atoms with Crippen LogP contribution in [0.3, 0.4) is 0 Å². The molecule has 0 atom stereocenters. The van der Waals surface area contributed by atoms with Crippen LogP contribution < -0.4 is 5.32 Å². The van der Waals surface area contributed by atoms with Crippen molar-refractivity contribution in [1.82, 2.24) is 0 Å². The molecular weight excluding hydrogens is 230 g/mol. The van der Waals surface area contributed by atoms with Crippen molar-refractivity contribution in [3.8, 4) is 0 Å². The molecule has 1 aliphatic heterocycles. The van der Waals surface area contributed by atoms with Gasteiger partial charge in [-0.1, -0.05) is 12.8 Å². The lowest BCUT2D eigenvalue weighted by Gasteiger charge is -2.27. The number of hydrogen-bond acceptors (Lipinski definition) is 3. The number of anilines is 1. The molecule has 1 saturated carbocycles. The number of benzene rings is 1. The average Bonchev–Trinajstić information content (AvgIpc) is 2.78. The fraction of sp³-hybridized carbons (Fsp3) is 0.571. The van der Waals surface area contributed by atoms with Gasteiger partial charge in [0.05, 0.1) is 19.3 Å². The van der Waals surface area contributed by atoms with Crippen molar-refractivity contribution in [1.29, 1.82) is 0 Å². The Morgan fingerprint density at radius 3 is 2.35 bits per heavy atom. The van der Waals surface area contributed by atoms with E-state index >= 15 is 0 Å². The van der Waals surface area contributed by atoms with Gasteiger partial charge in [0.15, 0.2) is 0 Å². The summed E-state index contributed by atoms with van der Waals surface area (Å²) in [5.74, 6) is 0. The van der Waals surface area contributed by atoms with Gasteiger partial charge >= 0.3 is 0 Å². The minimum atomic E-state index is 0.517. The van der Waals surface area contributed by atoms with Crippen LogP contribution >= 0.6 is 11.8 Å². The molecule has 3 rings (SSSR count). The smallest absolute Gasteiger partial charge is 0.0728 e. The SMILES string of the molecule is c1cc(SC2CCCC2)ccc1NC1COC1. The Balaban J connectivity index is 1.55. The van der Waals surface area contributed by atoms with E-state index in [1.165, 1.54) is 36.3 Å². The Kier molecular flexibility index (Phi) is 3.57. The molecule has 0 bridgehead atoms. The number of ether oxygens (including phenoxy) is 1. The number of thioether (sulfide) groups is 1. The predicted octanol–water partition coefficient (Wildman–Crippen LogP) is 3.53. The van der Waals surface area contributed by atoms with Crippen molar-refractivity contribution in [2.75, 3.05) is 18.5 Å². The average molecular weight is 249 g/mol. The summed E-state index contributed by atoms with van der Waals surface area (Å²) >= 11 is 2.05. The first kappa shape index (κ1) is 11.4. The first-order chi connectivity index (χ1) is 8.40. The van der Waals surface area contributed by atoms with Crippen LogP contribution in [0.2, 0.25) is 0 Å². The highest BCUT2D eigenvalue weighted by molar-refractivity contribution is 8.00. The zero-order chi connectivity index (χ0) is 11.5. The molecule has 1 aromatic rings. The van der Waals surface area contributed by atoms with E-state index in [2.05, 4.69) is 29.6 Å². The summed E-state index contributed by atoms with van der Waals surface area (Å²) in [6.07, 6.45) is 5.62. The summed E-state index contributed by atoms with van der Waals surface area (Å²) in [5, 5.41) is 4.32. The first-order valence-electron chi connectivity index (χ1n) is 6.51. The van der Waals surface area contributed by atoms with Crippen LogP contribution in [0.25, 0.3) is 0 Å². The van der Waals surface area contributed by atoms with Gasteiger partial charge in [0.2, 0.25) is 0 Å². The number of rotatable bonds is 4. The van der Waals surface area contributed by atoms with Crippen molar-refractivity contribution in [2.24, 2.45) is 0 Å². The molecule has 92 valence electrons. The van der Waals surface area contributed by atoms with Crippen molar-refractivity contribution in [2.45, 2.75) is 41.9 Å². The second-order valence-corrected chi connectivity index (χ2v) is 6.30. The molecule has 0 amide bonds. The summed E-state index contributed by atoms with van der Waals surface area (Å²) in [6, 6.07) is 9.38. The lowest BCUT2D eigenvalue weighted by molar-refractivity contribution is 0.0211. The second kappa shape index (κ2) is 5.32. The van der Waals surface area contributed by atoms with Gasteiger partial charge in [0.1, 0.15) is 0 Å². The summed E-state index contributed by atoms with van der Waals surface area (Å²) in [5.41, 5.74) is 1.22. The third kappa shape index (κ3) is 2.96. The van der Waals surface area contributed by atoms with Crippen LogP contribution in [0.1, 0.15) is 25.7 Å². The molecule has 1 saturated heterocycles. The summed E-state index contributed by atoms with van der Waals surface area (Å²) < 4.78 is 5.15. The maximum atomic E-state index is 5.15. The molecule has 2 nitrogen and oxygen atoms in total. The van der Waals surface area contributed by atoms with E-state index < -0.39 is 0 Å². The molecule has 2 aliphatic rings. The van der Waals surface area contributed by atoms with Crippen molar-refractivity contribution in [3.05, 3.63) is 24.3 Å². The Hall–Kier alpha value is -0.670. The van der Waals surface area contributed by atoms with Crippen molar-refractivity contribution < 1.29 is 4.74 Å². The van der Waals surface area contributed by atoms with Crippen LogP contribution in [0.4, 0.5) is 5.69 Å². The predicted molar refractivity (Wildman–Crippen MR) is 72.8 cm³/mol. The van der Waals surface area contributed by atoms with Crippen LogP contribution in [-0.2, 0) is 4.74 Å². The first-order valence-corrected chi connectivity index (χ1v) is 7.39. The topological polar surface area (TPSA) is 21.3 Å². The van der Waals surface area contributed by atoms with Gasteiger partial charge in [-0.05, 0) is 37.1 Å². The normalized spacial score (nSPS) is 21.4. The monoisotopic (exact) mass is 249 g/mol. The number of hydrogen-bond donors (Lipinski definition) is 1. The third-order valence-electron chi connectivity index (χ3n) is 3.47. The largest absolute Gasteiger partial charge is 0.378 e. The van der Waals surface area contributed by atoms with E-state index in [4.69, 9.17) is 4.74 Å². The third-order valence-corrected chi connectivity index (χ3v) is 4.82. The van der Waals surface area contributed by atoms with Gasteiger partial charge in [0.25, 0.3) is 0 Å². The Morgan fingerprint density at radius 2 is 1.76 bits per heavy atom. The summed E-state index contributed by atoms with van der Waals surface area (Å²) in [6.45, 7) is 1.69. The minimum absolute atomic E-state index is 0.517. The minimum Gasteiger partial charge on any atom is -0.378 e. The summed E-state index contributed by atoms with van der Waals surface area (Å²) in [7, 11) is 0. The van der Waals surface area contributed by atoms with E-state index in [0.29, 0.717) is 6.04 Å². The highest BCUT2D eigenvalue weighted by atomic mass is 32.2. The molecule has 1 heterocycles. The van der Waals surface area contributed by atoms with Gasteiger partial charge in [-0.3, -0.25) is 0 Å². The quantitative estimate of drug-likeness (QED) is 0.882. The molecule has 2 fully saturated rings. The van der Waals surface area contributed by atoms with Gasteiger partial charge in [-0.2, -0.15) is 0 Å². The Labute approximate surface area is 107 Å². The second-order valence-electron chi connectivity index (χ2n) is 4.93. The van der Waals surface area contributed by atoms with Gasteiger partial charge in [-0.25, -0.2) is 0 Å². The Bertz CT molecular complexity index is 355. The zero-order valence-electron chi connectivity index (χ0n) is 10.0. The molecule has 3 heteroatoms. The van der Waals surface area contributed by atoms with E-state index in [0.717, 1.165) is 18.5 Å². The number of nitrogens with one attached hydrogen (secondary N) is 1. The highest BCUT2D eigenvalue weighted by Gasteiger charge is 2.18. The van der Waals surface area contributed by atoms with E-state index in [-0.39, 0.29) is 0 Å². The fourth-order valence-corrected chi connectivity index (χ4v) is 3.63. The molecule has 17 heavy (non-hydrogen) atoms. The van der Waals surface area contributed by atoms with E-state index in [1.807, 2.05) is 11.8 Å². The van der Waals surface area contributed by atoms with Gasteiger partial charge in [-0.15, -0.1) is 11.8 Å². The standard InChI is InChI=1S/C14H19NOS/c1-2-4-13(3-1)17-14-7-5-11(6-8-14)15-12-9-16-10-12/h5-8,12-13,15H,1-4,9-10H2. The summed E-state index contributed by atoms with van der Waals surface area (Å²) in [4.78, 5) is 1.41. The van der Waals surface area contributed by atoms with Crippen LogP contribution in [0.15, 0.2) is 29.2 Å². The van der Waals surface area contributed by atoms with Gasteiger partial charge < -0.3 is 10.1 Å². The highest BCUT2D eigenvalue weighted by Crippen LogP contribution is 2.35. The maximum Gasteiger partial charge on any atom is 0.0728 e. The van der Waals surface area contributed by atoms with Crippen molar-refractivity contribution in [3.63, 3.8) is 0 Å².